The molecule has 0 bridgehead atoms. The van der Waals surface area contributed by atoms with Crippen LogP contribution >= 0.6 is 0 Å². The summed E-state index contributed by atoms with van der Waals surface area (Å²) >= 11 is 0. The molecule has 0 rings (SSSR count). The molecule has 0 radical (unpaired) electrons. The van der Waals surface area contributed by atoms with Gasteiger partial charge in [-0.15, -0.1) is 0 Å². The molecule has 15 nitrogen and oxygen atoms in total. The van der Waals surface area contributed by atoms with Gasteiger partial charge in [0.15, 0.2) is 0 Å². The summed E-state index contributed by atoms with van der Waals surface area (Å²) in [4.78, 5) is 50.1. The van der Waals surface area contributed by atoms with Crippen molar-refractivity contribution in [2.75, 3.05) is 6.54 Å². The van der Waals surface area contributed by atoms with E-state index in [4.69, 9.17) is 0 Å². The lowest BCUT2D eigenvalue weighted by molar-refractivity contribution is -0.702. The molecule has 25 heavy (non-hydrogen) atoms. The predicted octanol–water partition coefficient (Wildman–Crippen LogP) is 0.425. The zero-order chi connectivity index (χ0) is 20.2. The summed E-state index contributed by atoms with van der Waals surface area (Å²) in [7, 11) is 0. The first-order chi connectivity index (χ1) is 11.2. The Morgan fingerprint density at radius 3 is 1.60 bits per heavy atom. The number of hydrogen-bond donors (Lipinski definition) is 0. The Hall–Kier alpha value is -3.00. The highest BCUT2D eigenvalue weighted by Gasteiger charge is 2.68. The van der Waals surface area contributed by atoms with Crippen LogP contribution in [0.4, 0.5) is 0 Å². The topological polar surface area (TPSA) is 216 Å². The monoisotopic (exact) mass is 367 g/mol. The fourth-order valence-corrected chi connectivity index (χ4v) is 2.64. The largest absolute Gasteiger partial charge is 0.347 e. The summed E-state index contributed by atoms with van der Waals surface area (Å²) in [5, 5.41) is 55.7. The minimum Gasteiger partial charge on any atom is -0.265 e. The van der Waals surface area contributed by atoms with E-state index in [9.17, 15) is 50.6 Å². The van der Waals surface area contributed by atoms with Crippen molar-refractivity contribution in [2.24, 2.45) is 0 Å². The van der Waals surface area contributed by atoms with Crippen LogP contribution in [-0.4, -0.2) is 54.3 Å². The molecule has 15 heteroatoms. The Kier molecular flexibility index (Phi) is 6.79. The Labute approximate surface area is 139 Å². The molecule has 0 saturated heterocycles. The minimum absolute atomic E-state index is 0.747. The van der Waals surface area contributed by atoms with Gasteiger partial charge in [0.1, 0.15) is 0 Å². The molecule has 142 valence electrons. The average molecular weight is 367 g/mol. The van der Waals surface area contributed by atoms with Gasteiger partial charge in [0, 0.05) is 45.4 Å². The van der Waals surface area contributed by atoms with Crippen molar-refractivity contribution in [2.45, 2.75) is 56.8 Å². The van der Waals surface area contributed by atoms with Crippen molar-refractivity contribution >= 4 is 0 Å². The summed E-state index contributed by atoms with van der Waals surface area (Å²) in [6.07, 6.45) is -2.15. The lowest BCUT2D eigenvalue weighted by Crippen LogP contribution is -2.62. The van der Waals surface area contributed by atoms with Crippen molar-refractivity contribution in [3.8, 4) is 0 Å². The van der Waals surface area contributed by atoms with Crippen LogP contribution in [0.3, 0.4) is 0 Å². The summed E-state index contributed by atoms with van der Waals surface area (Å²) < 4.78 is 0. The maximum atomic E-state index is 11.6. The van der Waals surface area contributed by atoms with Crippen molar-refractivity contribution in [1.29, 1.82) is 0 Å². The third-order valence-electron chi connectivity index (χ3n) is 3.89. The van der Waals surface area contributed by atoms with Gasteiger partial charge in [-0.2, -0.15) is 0 Å². The molecule has 0 aromatic rings. The lowest BCUT2D eigenvalue weighted by Gasteiger charge is -2.30. The van der Waals surface area contributed by atoms with E-state index in [0.29, 0.717) is 0 Å². The third-order valence-corrected chi connectivity index (χ3v) is 3.89. The van der Waals surface area contributed by atoms with Crippen LogP contribution in [-0.2, 0) is 0 Å². The zero-order valence-corrected chi connectivity index (χ0v) is 13.6. The summed E-state index contributed by atoms with van der Waals surface area (Å²) in [6, 6.07) is -4.58. The fourth-order valence-electron chi connectivity index (χ4n) is 2.64. The van der Waals surface area contributed by atoms with Gasteiger partial charge < -0.3 is 0 Å². The van der Waals surface area contributed by atoms with Crippen LogP contribution < -0.4 is 0 Å². The third kappa shape index (κ3) is 4.98. The normalized spacial score (nSPS) is 16.3. The first-order valence-electron chi connectivity index (χ1n) is 6.87. The molecular weight excluding hydrogens is 350 g/mol. The molecule has 0 N–H and O–H groups in total. The Balaban J connectivity index is 6.44. The number of hydrogen-bond acceptors (Lipinski definition) is 10. The molecule has 0 spiro atoms. The van der Waals surface area contributed by atoms with Crippen LogP contribution in [0.2, 0.25) is 0 Å². The molecule has 0 heterocycles. The highest BCUT2D eigenvalue weighted by molar-refractivity contribution is 4.95. The number of rotatable bonds is 11. The standard InChI is InChI=1S/C10H17N5O10/c1-7(12(18)19)8(13(20)21)10(15(24)25,4-5-11(16)17)6-9(2,3)14(22)23/h7-8H,4-6H2,1-3H3. The van der Waals surface area contributed by atoms with Crippen molar-refractivity contribution < 1.29 is 24.6 Å². The first-order valence-corrected chi connectivity index (χ1v) is 6.87. The molecule has 0 amide bonds. The molecule has 3 atom stereocenters. The van der Waals surface area contributed by atoms with E-state index < -0.39 is 67.2 Å². The molecule has 0 aliphatic rings. The van der Waals surface area contributed by atoms with E-state index in [1.165, 1.54) is 0 Å². The SMILES string of the molecule is CC(C([N+](=O)[O-])C(CC[N+](=O)[O-])(CC(C)(C)[N+](=O)[O-])[N+](=O)[O-])[N+](=O)[O-]. The second-order valence-corrected chi connectivity index (χ2v) is 6.17. The van der Waals surface area contributed by atoms with Gasteiger partial charge in [0.05, 0.1) is 12.8 Å². The summed E-state index contributed by atoms with van der Waals surface area (Å²) in [5.74, 6) is 0. The first kappa shape index (κ1) is 22.0. The Morgan fingerprint density at radius 1 is 0.840 bits per heavy atom. The highest BCUT2D eigenvalue weighted by atomic mass is 16.7. The summed E-state index contributed by atoms with van der Waals surface area (Å²) in [5.41, 5.74) is -4.94. The van der Waals surface area contributed by atoms with Gasteiger partial charge in [0.2, 0.25) is 12.1 Å². The van der Waals surface area contributed by atoms with E-state index in [0.717, 1.165) is 20.8 Å². The Morgan fingerprint density at radius 2 is 1.32 bits per heavy atom. The van der Waals surface area contributed by atoms with Crippen LogP contribution in [0.5, 0.6) is 0 Å². The van der Waals surface area contributed by atoms with E-state index in [1.54, 1.807) is 0 Å². The van der Waals surface area contributed by atoms with E-state index in [-0.39, 0.29) is 0 Å². The number of nitrogens with zero attached hydrogens (tertiary/aromatic N) is 5. The van der Waals surface area contributed by atoms with Gasteiger partial charge in [-0.25, -0.2) is 0 Å². The van der Waals surface area contributed by atoms with E-state index >= 15 is 0 Å². The molecule has 0 aromatic heterocycles. The predicted molar refractivity (Wildman–Crippen MR) is 79.1 cm³/mol. The lowest BCUT2D eigenvalue weighted by atomic mass is 9.75. The number of nitro groups is 5. The smallest absolute Gasteiger partial charge is 0.265 e. The minimum atomic E-state index is -2.86. The van der Waals surface area contributed by atoms with E-state index in [1.807, 2.05) is 0 Å². The van der Waals surface area contributed by atoms with Crippen molar-refractivity contribution in [3.05, 3.63) is 50.6 Å². The second kappa shape index (κ2) is 7.71. The van der Waals surface area contributed by atoms with Gasteiger partial charge in [-0.05, 0) is 0 Å². The molecule has 0 aliphatic heterocycles. The molecule has 0 fully saturated rings. The van der Waals surface area contributed by atoms with Gasteiger partial charge in [0.25, 0.3) is 6.04 Å². The Bertz CT molecular complexity index is 593. The van der Waals surface area contributed by atoms with Gasteiger partial charge >= 0.3 is 11.6 Å². The zero-order valence-electron chi connectivity index (χ0n) is 13.6. The molecule has 0 aromatic carbocycles. The maximum Gasteiger partial charge on any atom is 0.347 e. The van der Waals surface area contributed by atoms with Crippen LogP contribution in [0.1, 0.15) is 33.6 Å². The van der Waals surface area contributed by atoms with Gasteiger partial charge in [-0.1, -0.05) is 0 Å². The fraction of sp³-hybridized carbons (Fsp3) is 1.00. The average Bonchev–Trinajstić information content (AvgIpc) is 2.43. The van der Waals surface area contributed by atoms with Gasteiger partial charge in [-0.3, -0.25) is 50.6 Å². The molecule has 3 unspecified atom stereocenters. The van der Waals surface area contributed by atoms with Crippen molar-refractivity contribution in [3.63, 3.8) is 0 Å². The highest BCUT2D eigenvalue weighted by Crippen LogP contribution is 2.35. The molecule has 0 aliphatic carbocycles. The van der Waals surface area contributed by atoms with Crippen LogP contribution in [0.25, 0.3) is 0 Å². The second-order valence-electron chi connectivity index (χ2n) is 6.17. The van der Waals surface area contributed by atoms with E-state index in [2.05, 4.69) is 0 Å². The van der Waals surface area contributed by atoms with Crippen LogP contribution in [0, 0.1) is 50.6 Å². The molecular formula is C10H17N5O10. The maximum absolute atomic E-state index is 11.6. The van der Waals surface area contributed by atoms with Crippen molar-refractivity contribution in [1.82, 2.24) is 0 Å². The molecule has 0 saturated carbocycles. The quantitative estimate of drug-likeness (QED) is 0.362. The van der Waals surface area contributed by atoms with Crippen LogP contribution in [0.15, 0.2) is 0 Å². The summed E-state index contributed by atoms with van der Waals surface area (Å²) in [6.45, 7) is 1.54.